The number of hydrogen-bond donors (Lipinski definition) is 3. The van der Waals surface area contributed by atoms with Gasteiger partial charge in [0.1, 0.15) is 0 Å². The van der Waals surface area contributed by atoms with Gasteiger partial charge in [-0.05, 0) is 36.5 Å². The van der Waals surface area contributed by atoms with E-state index in [4.69, 9.17) is 37.3 Å². The van der Waals surface area contributed by atoms with E-state index in [1.54, 1.807) is 31.4 Å². The molecule has 398 valence electrons. The van der Waals surface area contributed by atoms with Crippen molar-refractivity contribution in [3.63, 3.8) is 0 Å². The van der Waals surface area contributed by atoms with E-state index in [9.17, 15) is 9.59 Å². The number of furan rings is 2. The zero-order valence-electron chi connectivity index (χ0n) is 45.2. The van der Waals surface area contributed by atoms with Gasteiger partial charge in [-0.3, -0.25) is 0 Å². The predicted molar refractivity (Wildman–Crippen MR) is 270 cm³/mol. The van der Waals surface area contributed by atoms with Crippen molar-refractivity contribution in [2.45, 2.75) is 130 Å². The van der Waals surface area contributed by atoms with Crippen molar-refractivity contribution in [1.29, 1.82) is 0 Å². The van der Waals surface area contributed by atoms with Crippen molar-refractivity contribution >= 4 is 29.8 Å². The number of rotatable bonds is 15. The van der Waals surface area contributed by atoms with Crippen LogP contribution < -0.4 is 25.8 Å². The van der Waals surface area contributed by atoms with Crippen LogP contribution in [0.5, 0.6) is 23.4 Å². The molecule has 14 nitrogen and oxygen atoms in total. The quantitative estimate of drug-likeness (QED) is 0.0585. The molecule has 0 unspecified atom stereocenters. The number of methoxy groups -OCH3 is 5. The van der Waals surface area contributed by atoms with Crippen LogP contribution in [0.2, 0.25) is 0 Å². The summed E-state index contributed by atoms with van der Waals surface area (Å²) in [4.78, 5) is 25.2. The van der Waals surface area contributed by atoms with E-state index < -0.39 is 11.8 Å². The Morgan fingerprint density at radius 2 is 0.863 bits per heavy atom. The van der Waals surface area contributed by atoms with Gasteiger partial charge >= 0.3 is 371 Å². The molecule has 0 spiro atoms. The summed E-state index contributed by atoms with van der Waals surface area (Å²) in [6.07, 6.45) is 9.67. The van der Waals surface area contributed by atoms with Crippen LogP contribution in [-0.2, 0) is 118 Å². The van der Waals surface area contributed by atoms with Gasteiger partial charge in [-0.15, -0.1) is 0 Å². The Kier molecular flexibility index (Phi) is 27.2. The minimum atomic E-state index is -0.468. The summed E-state index contributed by atoms with van der Waals surface area (Å²) in [5.74, 6) is 1.21. The molecule has 0 radical (unpaired) electrons. The molecule has 2 aliphatic carbocycles. The van der Waals surface area contributed by atoms with Crippen molar-refractivity contribution in [2.24, 2.45) is 5.73 Å². The zero-order chi connectivity index (χ0) is 55.5. The molecule has 0 bridgehead atoms. The Bertz CT molecular complexity index is 2440. The van der Waals surface area contributed by atoms with Gasteiger partial charge in [0.25, 0.3) is 0 Å². The standard InChI is InChI=1S/2C25H30NO5.C2H3O.C2H6.CH2N.2V.2W/c2*1-16-12-18-19(25(4,5)11-10-24(18,2)3)13-21(16)31-22-9-8-20(30-22)23(27)26-17(14-28-6)15-29-7;1-3-2;2*1-2;;;;/h2*8-9,12-13H,10-11H2,1-7H3,(H,26,27);1H3;1-2H3;2H2;;;;/q3*-1;;-1;;;;. The van der Waals surface area contributed by atoms with E-state index in [-0.39, 0.29) is 56.5 Å². The van der Waals surface area contributed by atoms with E-state index in [1.807, 2.05) is 27.7 Å². The molecule has 4 N–H and O–H groups in total. The summed E-state index contributed by atoms with van der Waals surface area (Å²) in [6, 6.07) is 15.1. The molecule has 0 saturated carbocycles. The van der Waals surface area contributed by atoms with Crippen LogP contribution in [0.25, 0.3) is 0 Å². The molecule has 2 aromatic carbocycles. The summed E-state index contributed by atoms with van der Waals surface area (Å²) < 4.78 is 53.4. The van der Waals surface area contributed by atoms with Crippen LogP contribution in [0.1, 0.15) is 149 Å². The molecule has 0 fully saturated rings. The second-order valence-corrected chi connectivity index (χ2v) is 21.7. The van der Waals surface area contributed by atoms with Gasteiger partial charge in [-0.2, -0.15) is 0 Å². The number of carbonyl (C=O) groups is 2. The molecule has 18 heteroatoms. The van der Waals surface area contributed by atoms with Gasteiger partial charge in [0.15, 0.2) is 0 Å². The first kappa shape index (κ1) is 65.6. The van der Waals surface area contributed by atoms with Crippen LogP contribution in [0.15, 0.2) is 68.8 Å². The molecule has 0 saturated heterocycles. The summed E-state index contributed by atoms with van der Waals surface area (Å²) >= 11 is 6.82. The van der Waals surface area contributed by atoms with Gasteiger partial charge in [0.2, 0.25) is 0 Å². The summed E-state index contributed by atoms with van der Waals surface area (Å²) in [7, 11) is 7.43. The number of benzene rings is 2. The summed E-state index contributed by atoms with van der Waals surface area (Å²) in [5.41, 5.74) is 12.9. The van der Waals surface area contributed by atoms with Crippen molar-refractivity contribution in [3.8, 4) is 23.4 Å². The first-order valence-electron chi connectivity index (χ1n) is 23.3. The van der Waals surface area contributed by atoms with Crippen LogP contribution in [-0.4, -0.2) is 65.3 Å². The Balaban J connectivity index is 0.000000430. The minimum absolute atomic E-state index is 0.0691. The molecule has 0 aliphatic heterocycles. The van der Waals surface area contributed by atoms with Crippen molar-refractivity contribution < 1.29 is 124 Å². The summed E-state index contributed by atoms with van der Waals surface area (Å²) in [6.45, 7) is 26.3. The molecule has 2 aromatic heterocycles. The third kappa shape index (κ3) is 18.6. The van der Waals surface area contributed by atoms with E-state index in [0.29, 0.717) is 8.82 Å². The Morgan fingerprint density at radius 3 is 1.12 bits per heavy atom. The van der Waals surface area contributed by atoms with Crippen LogP contribution in [0.4, 0.5) is 0 Å². The molecular formula is C55H71N3O11V2W2-4. The van der Waals surface area contributed by atoms with Gasteiger partial charge in [-0.1, -0.05) is 69.2 Å². The number of hydrogen-bond acceptors (Lipinski definition) is 12. The molecule has 2 heterocycles. The molecule has 2 aliphatic rings. The topological polar surface area (TPSA) is 175 Å². The predicted octanol–water partition coefficient (Wildman–Crippen LogP) is 10.1. The van der Waals surface area contributed by atoms with E-state index in [0.717, 1.165) is 48.3 Å². The third-order valence-corrected chi connectivity index (χ3v) is 14.0. The average molecular weight is 1420 g/mol. The van der Waals surface area contributed by atoms with Crippen molar-refractivity contribution in [2.75, 3.05) is 35.5 Å². The number of ether oxygens (including phenoxy) is 7. The van der Waals surface area contributed by atoms with Crippen molar-refractivity contribution in [1.82, 2.24) is 10.6 Å². The van der Waals surface area contributed by atoms with E-state index in [1.165, 1.54) is 89.4 Å². The molecular weight excluding hydrogens is 1350 g/mol. The number of nitrogens with one attached hydrogen (secondary N) is 2. The number of fused-ring (bicyclic) bond motifs is 2. The fourth-order valence-corrected chi connectivity index (χ4v) is 8.16. The van der Waals surface area contributed by atoms with Crippen molar-refractivity contribution in [3.05, 3.63) is 117 Å². The average Bonchev–Trinajstić information content (AvgIpc) is 4.04. The van der Waals surface area contributed by atoms with Gasteiger partial charge in [-0.25, -0.2) is 0 Å². The Morgan fingerprint density at radius 1 is 0.575 bits per heavy atom. The molecule has 73 heavy (non-hydrogen) atoms. The summed E-state index contributed by atoms with van der Waals surface area (Å²) in [5, 5.41) is 5.30. The third-order valence-electron chi connectivity index (χ3n) is 12.1. The molecule has 0 atom stereocenters. The fraction of sp³-hybridized carbons (Fsp3) is 0.455. The van der Waals surface area contributed by atoms with E-state index in [2.05, 4.69) is 156 Å². The second kappa shape index (κ2) is 30.3. The number of nitrogens with two attached hydrogens (primary N) is 1. The van der Waals surface area contributed by atoms with E-state index >= 15 is 0 Å². The van der Waals surface area contributed by atoms with Gasteiger partial charge in [0.05, 0.1) is 0 Å². The van der Waals surface area contributed by atoms with Crippen LogP contribution >= 0.6 is 0 Å². The normalized spacial score (nSPS) is 15.3. The molecule has 2 amide bonds. The number of amides is 2. The molecule has 6 rings (SSSR count). The molecule has 4 aromatic rings. The maximum atomic E-state index is 12.6. The van der Waals surface area contributed by atoms with Crippen LogP contribution in [0.3, 0.4) is 0 Å². The number of carbonyl (C=O) groups excluding carboxylic acids is 2. The maximum absolute atomic E-state index is 12.6. The number of aryl methyl sites for hydroxylation is 2. The van der Waals surface area contributed by atoms with Crippen LogP contribution in [0, 0.1) is 26.4 Å². The first-order chi connectivity index (χ1) is 34.3. The second-order valence-electron chi connectivity index (χ2n) is 19.0. The Labute approximate surface area is 473 Å². The Hall–Kier alpha value is -3.51. The SMILES string of the molecule is CC.CO[C-]=C(NC(=O)c1ccc(Oc2cc3c(cc2C)C(C)(C)CCC3(C)C)o1)[C](=[V])OC.CO[C-]=C(NC(=O)c1ccc(Oc2cc3c(cc2C)C(C)(C)CCC3(C)C)o1)[C](=[V])OC.CO[C-]=[W].N[C-]=[W]. The fourth-order valence-electron chi connectivity index (χ4n) is 7.84. The monoisotopic (exact) mass is 1420 g/mol. The van der Waals surface area contributed by atoms with Gasteiger partial charge < -0.3 is 0 Å². The first-order valence-corrected chi connectivity index (χ1v) is 27.6. The zero-order valence-corrected chi connectivity index (χ0v) is 53.9. The van der Waals surface area contributed by atoms with Gasteiger partial charge in [0, 0.05) is 0 Å².